The summed E-state index contributed by atoms with van der Waals surface area (Å²) in [5.41, 5.74) is 1.23. The molecule has 3 rings (SSSR count). The molecule has 0 aromatic carbocycles. The third-order valence-electron chi connectivity index (χ3n) is 4.42. The van der Waals surface area contributed by atoms with Crippen molar-refractivity contribution in [2.45, 2.75) is 26.3 Å². The normalized spacial score (nSPS) is 16.4. The maximum Gasteiger partial charge on any atom is 0.0576 e. The Morgan fingerprint density at radius 3 is 2.74 bits per heavy atom. The number of hydrogen-bond acceptors (Lipinski definition) is 4. The molecule has 0 bridgehead atoms. The second-order valence-electron chi connectivity index (χ2n) is 6.20. The molecule has 0 atom stereocenters. The lowest BCUT2D eigenvalue weighted by molar-refractivity contribution is 0.177. The minimum absolute atomic E-state index is 0. The van der Waals surface area contributed by atoms with Gasteiger partial charge in [0.15, 0.2) is 0 Å². The maximum atomic E-state index is 4.26. The fourth-order valence-corrected chi connectivity index (χ4v) is 4.11. The monoisotopic (exact) mass is 354 g/mol. The van der Waals surface area contributed by atoms with E-state index in [9.17, 15) is 0 Å². The van der Waals surface area contributed by atoms with Crippen LogP contribution in [0.25, 0.3) is 10.4 Å². The quantitative estimate of drug-likeness (QED) is 0.863. The minimum Gasteiger partial charge on any atom is -0.317 e. The summed E-state index contributed by atoms with van der Waals surface area (Å²) in [6.45, 7) is 8.03. The Kier molecular flexibility index (Phi) is 7.09. The second kappa shape index (κ2) is 8.83. The molecule has 6 heteroatoms. The molecule has 2 aromatic rings. The average molecular weight is 355 g/mol. The molecule has 4 nitrogen and oxygen atoms in total. The lowest BCUT2D eigenvalue weighted by atomic mass is 9.97. The summed E-state index contributed by atoms with van der Waals surface area (Å²) in [5, 5.41) is 7.74. The van der Waals surface area contributed by atoms with Gasteiger partial charge in [0, 0.05) is 35.1 Å². The van der Waals surface area contributed by atoms with Crippen LogP contribution in [0.2, 0.25) is 0 Å². The molecule has 3 heterocycles. The molecule has 0 saturated carbocycles. The van der Waals surface area contributed by atoms with E-state index in [1.165, 1.54) is 47.8 Å². The number of rotatable bonds is 6. The van der Waals surface area contributed by atoms with Crippen LogP contribution in [0.4, 0.5) is 0 Å². The first-order chi connectivity index (χ1) is 10.7. The zero-order valence-corrected chi connectivity index (χ0v) is 15.6. The van der Waals surface area contributed by atoms with Crippen LogP contribution < -0.4 is 5.32 Å². The zero-order valence-electron chi connectivity index (χ0n) is 14.0. The van der Waals surface area contributed by atoms with E-state index >= 15 is 0 Å². The van der Waals surface area contributed by atoms with Crippen LogP contribution in [0.5, 0.6) is 0 Å². The second-order valence-corrected chi connectivity index (χ2v) is 7.36. The SMILES string of the molecule is CCNCC1CCN(Cc2ccc(-c3cnn(C)c3)s2)CC1.Cl. The van der Waals surface area contributed by atoms with Crippen molar-refractivity contribution in [1.82, 2.24) is 20.0 Å². The summed E-state index contributed by atoms with van der Waals surface area (Å²) in [6.07, 6.45) is 6.69. The first-order valence-electron chi connectivity index (χ1n) is 8.25. The molecule has 0 spiro atoms. The Labute approximate surface area is 149 Å². The lowest BCUT2D eigenvalue weighted by Gasteiger charge is -2.31. The molecule has 128 valence electrons. The summed E-state index contributed by atoms with van der Waals surface area (Å²) in [7, 11) is 1.97. The predicted molar refractivity (Wildman–Crippen MR) is 100 cm³/mol. The highest BCUT2D eigenvalue weighted by molar-refractivity contribution is 7.15. The maximum absolute atomic E-state index is 4.26. The van der Waals surface area contributed by atoms with Gasteiger partial charge in [-0.15, -0.1) is 23.7 Å². The summed E-state index contributed by atoms with van der Waals surface area (Å²) in [5.74, 6) is 0.866. The Morgan fingerprint density at radius 1 is 1.30 bits per heavy atom. The van der Waals surface area contributed by atoms with Gasteiger partial charge in [0.05, 0.1) is 6.20 Å². The van der Waals surface area contributed by atoms with Gasteiger partial charge in [0.2, 0.25) is 0 Å². The van der Waals surface area contributed by atoms with E-state index in [1.807, 2.05) is 29.3 Å². The Balaban J connectivity index is 0.00000192. The van der Waals surface area contributed by atoms with Crippen molar-refractivity contribution in [3.63, 3.8) is 0 Å². The van der Waals surface area contributed by atoms with Crippen LogP contribution in [-0.2, 0) is 13.6 Å². The van der Waals surface area contributed by atoms with Gasteiger partial charge in [-0.2, -0.15) is 5.10 Å². The van der Waals surface area contributed by atoms with Crippen molar-refractivity contribution < 1.29 is 0 Å². The van der Waals surface area contributed by atoms with Crippen LogP contribution >= 0.6 is 23.7 Å². The number of aromatic nitrogens is 2. The first-order valence-corrected chi connectivity index (χ1v) is 9.07. The van der Waals surface area contributed by atoms with Gasteiger partial charge in [-0.3, -0.25) is 9.58 Å². The number of hydrogen-bond donors (Lipinski definition) is 1. The number of nitrogens with one attached hydrogen (secondary N) is 1. The largest absolute Gasteiger partial charge is 0.317 e. The molecule has 1 aliphatic rings. The molecule has 0 aliphatic carbocycles. The molecule has 0 unspecified atom stereocenters. The van der Waals surface area contributed by atoms with Gasteiger partial charge in [0.1, 0.15) is 0 Å². The fraction of sp³-hybridized carbons (Fsp3) is 0.588. The smallest absolute Gasteiger partial charge is 0.0576 e. The van der Waals surface area contributed by atoms with E-state index in [1.54, 1.807) is 0 Å². The lowest BCUT2D eigenvalue weighted by Crippen LogP contribution is -2.36. The molecule has 23 heavy (non-hydrogen) atoms. The Hall–Kier alpha value is -0.880. The van der Waals surface area contributed by atoms with E-state index < -0.39 is 0 Å². The van der Waals surface area contributed by atoms with Crippen LogP contribution in [0.1, 0.15) is 24.6 Å². The van der Waals surface area contributed by atoms with Gasteiger partial charge in [-0.25, -0.2) is 0 Å². The number of thiophene rings is 1. The van der Waals surface area contributed by atoms with E-state index in [0.717, 1.165) is 19.0 Å². The van der Waals surface area contributed by atoms with Crippen LogP contribution in [0, 0.1) is 5.92 Å². The predicted octanol–water partition coefficient (Wildman–Crippen LogP) is 3.39. The van der Waals surface area contributed by atoms with E-state index in [0.29, 0.717) is 0 Å². The third-order valence-corrected chi connectivity index (χ3v) is 5.54. The summed E-state index contributed by atoms with van der Waals surface area (Å²) < 4.78 is 1.86. The highest BCUT2D eigenvalue weighted by atomic mass is 35.5. The minimum atomic E-state index is 0. The van der Waals surface area contributed by atoms with Gasteiger partial charge >= 0.3 is 0 Å². The Morgan fingerprint density at radius 2 is 2.09 bits per heavy atom. The standard InChI is InChI=1S/C17H26N4S.ClH/c1-3-18-10-14-6-8-21(9-7-14)13-16-4-5-17(22-16)15-11-19-20(2)12-15;/h4-5,11-12,14,18H,3,6-10,13H2,1-2H3;1H. The van der Waals surface area contributed by atoms with Gasteiger partial charge in [-0.05, 0) is 57.1 Å². The zero-order chi connectivity index (χ0) is 15.4. The van der Waals surface area contributed by atoms with Crippen molar-refractivity contribution in [3.8, 4) is 10.4 Å². The molecule has 0 amide bonds. The van der Waals surface area contributed by atoms with Crippen molar-refractivity contribution in [2.75, 3.05) is 26.2 Å². The van der Waals surface area contributed by atoms with Crippen LogP contribution in [0.3, 0.4) is 0 Å². The van der Waals surface area contributed by atoms with E-state index in [-0.39, 0.29) is 12.4 Å². The molecule has 1 N–H and O–H groups in total. The van der Waals surface area contributed by atoms with Gasteiger partial charge < -0.3 is 5.32 Å². The van der Waals surface area contributed by atoms with Crippen molar-refractivity contribution in [1.29, 1.82) is 0 Å². The number of piperidine rings is 1. The topological polar surface area (TPSA) is 33.1 Å². The summed E-state index contributed by atoms with van der Waals surface area (Å²) >= 11 is 1.90. The molecular weight excluding hydrogens is 328 g/mol. The Bertz CT molecular complexity index is 587. The van der Waals surface area contributed by atoms with E-state index in [2.05, 4.69) is 40.6 Å². The third kappa shape index (κ3) is 5.05. The van der Waals surface area contributed by atoms with Crippen LogP contribution in [0.15, 0.2) is 24.5 Å². The molecular formula is C17H27ClN4S. The molecule has 0 radical (unpaired) electrons. The molecule has 2 aromatic heterocycles. The summed E-state index contributed by atoms with van der Waals surface area (Å²) in [6, 6.07) is 4.51. The summed E-state index contributed by atoms with van der Waals surface area (Å²) in [4.78, 5) is 5.38. The highest BCUT2D eigenvalue weighted by Gasteiger charge is 2.19. The van der Waals surface area contributed by atoms with Crippen LogP contribution in [-0.4, -0.2) is 40.9 Å². The van der Waals surface area contributed by atoms with E-state index in [4.69, 9.17) is 0 Å². The fourth-order valence-electron chi connectivity index (χ4n) is 3.08. The van der Waals surface area contributed by atoms with Gasteiger partial charge in [-0.1, -0.05) is 6.92 Å². The number of halogens is 1. The molecule has 1 fully saturated rings. The first kappa shape index (κ1) is 18.5. The number of aryl methyl sites for hydroxylation is 1. The number of nitrogens with zero attached hydrogens (tertiary/aromatic N) is 3. The highest BCUT2D eigenvalue weighted by Crippen LogP contribution is 2.29. The van der Waals surface area contributed by atoms with Crippen molar-refractivity contribution in [3.05, 3.63) is 29.4 Å². The molecule has 1 aliphatic heterocycles. The van der Waals surface area contributed by atoms with Gasteiger partial charge in [0.25, 0.3) is 0 Å². The molecule has 1 saturated heterocycles. The van der Waals surface area contributed by atoms with Crippen molar-refractivity contribution >= 4 is 23.7 Å². The average Bonchev–Trinajstić information content (AvgIpc) is 3.15. The van der Waals surface area contributed by atoms with Crippen molar-refractivity contribution in [2.24, 2.45) is 13.0 Å². The number of likely N-dealkylation sites (tertiary alicyclic amines) is 1.